The first-order valence-electron chi connectivity index (χ1n) is 12.9. The van der Waals surface area contributed by atoms with Gasteiger partial charge in [-0.25, -0.2) is 22.0 Å². The first-order chi connectivity index (χ1) is 19.9. The van der Waals surface area contributed by atoms with Gasteiger partial charge in [0.05, 0.1) is 11.5 Å². The summed E-state index contributed by atoms with van der Waals surface area (Å²) in [7, 11) is 0. The molecule has 41 heavy (non-hydrogen) atoms. The Morgan fingerprint density at radius 3 is 1.41 bits per heavy atom. The molecule has 0 bridgehead atoms. The van der Waals surface area contributed by atoms with Crippen molar-refractivity contribution in [2.24, 2.45) is 0 Å². The third-order valence-corrected chi connectivity index (χ3v) is 7.64. The zero-order valence-corrected chi connectivity index (χ0v) is 21.4. The Bertz CT molecular complexity index is 1760. The predicted octanol–water partition coefficient (Wildman–Crippen LogP) is 8.65. The van der Waals surface area contributed by atoms with Crippen molar-refractivity contribution in [2.75, 3.05) is 0 Å². The quantitative estimate of drug-likeness (QED) is 0.121. The van der Waals surface area contributed by atoms with Crippen molar-refractivity contribution >= 4 is 16.9 Å². The van der Waals surface area contributed by atoms with Gasteiger partial charge in [-0.15, -0.1) is 0 Å². The van der Waals surface area contributed by atoms with E-state index in [9.17, 15) is 13.2 Å². The number of hydrogen-bond donors (Lipinski definition) is 0. The molecule has 1 nitrogen and oxygen atoms in total. The van der Waals surface area contributed by atoms with E-state index < -0.39 is 51.8 Å². The van der Waals surface area contributed by atoms with Crippen LogP contribution in [0.25, 0.3) is 11.1 Å². The SMILES string of the molecule is O=C1[C@H](c2ccccc2)C(c2ccccc2)=C(c2ccccc2)[C@@]1(c1ccccc1)c1c(F)c(F)c(F)c(F)c1F. The lowest BCUT2D eigenvalue weighted by atomic mass is 9.65. The Balaban J connectivity index is 1.89. The first kappa shape index (κ1) is 26.4. The number of carbonyl (C=O) groups excluding carboxylic acids is 1. The van der Waals surface area contributed by atoms with Gasteiger partial charge in [-0.05, 0) is 33.4 Å². The average molecular weight is 553 g/mol. The van der Waals surface area contributed by atoms with Crippen LogP contribution in [0.5, 0.6) is 0 Å². The molecule has 0 radical (unpaired) electrons. The summed E-state index contributed by atoms with van der Waals surface area (Å²) in [5.41, 5.74) is -1.43. The summed E-state index contributed by atoms with van der Waals surface area (Å²) in [6.07, 6.45) is 0. The fourth-order valence-electron chi connectivity index (χ4n) is 5.99. The molecular weight excluding hydrogens is 531 g/mol. The number of carbonyl (C=O) groups is 1. The number of rotatable bonds is 5. The molecule has 6 heteroatoms. The van der Waals surface area contributed by atoms with Gasteiger partial charge in [-0.3, -0.25) is 4.79 Å². The van der Waals surface area contributed by atoms with Gasteiger partial charge in [0.1, 0.15) is 5.41 Å². The molecule has 0 aromatic heterocycles. The molecule has 1 aliphatic carbocycles. The van der Waals surface area contributed by atoms with Gasteiger partial charge in [0.15, 0.2) is 29.1 Å². The van der Waals surface area contributed by atoms with E-state index in [-0.39, 0.29) is 11.1 Å². The highest BCUT2D eigenvalue weighted by atomic mass is 19.2. The van der Waals surface area contributed by atoms with Crippen molar-refractivity contribution in [2.45, 2.75) is 11.3 Å². The smallest absolute Gasteiger partial charge is 0.200 e. The van der Waals surface area contributed by atoms with Crippen LogP contribution in [-0.2, 0) is 10.2 Å². The van der Waals surface area contributed by atoms with Gasteiger partial charge >= 0.3 is 0 Å². The molecule has 1 aliphatic rings. The third kappa shape index (κ3) is 3.93. The van der Waals surface area contributed by atoms with Crippen LogP contribution >= 0.6 is 0 Å². The Hall–Kier alpha value is -4.84. The summed E-state index contributed by atoms with van der Waals surface area (Å²) < 4.78 is 76.3. The van der Waals surface area contributed by atoms with Gasteiger partial charge in [-0.1, -0.05) is 121 Å². The maximum absolute atomic E-state index is 16.0. The molecule has 0 unspecified atom stereocenters. The summed E-state index contributed by atoms with van der Waals surface area (Å²) in [5, 5.41) is 0. The van der Waals surface area contributed by atoms with Crippen LogP contribution in [0.15, 0.2) is 121 Å². The molecule has 0 fully saturated rings. The van der Waals surface area contributed by atoms with Gasteiger partial charge in [0.2, 0.25) is 5.82 Å². The normalized spacial score (nSPS) is 18.7. The Labute approximate surface area is 233 Å². The molecule has 6 rings (SSSR count). The van der Waals surface area contributed by atoms with E-state index in [2.05, 4.69) is 0 Å². The molecule has 0 amide bonds. The number of hydrogen-bond acceptors (Lipinski definition) is 1. The maximum Gasteiger partial charge on any atom is 0.200 e. The molecule has 0 saturated heterocycles. The highest BCUT2D eigenvalue weighted by Gasteiger charge is 2.59. The lowest BCUT2D eigenvalue weighted by Crippen LogP contribution is -2.39. The predicted molar refractivity (Wildman–Crippen MR) is 147 cm³/mol. The minimum absolute atomic E-state index is 0.0823. The van der Waals surface area contributed by atoms with Crippen LogP contribution in [0, 0.1) is 29.1 Å². The summed E-state index contributed by atoms with van der Waals surface area (Å²) in [4.78, 5) is 15.1. The lowest BCUT2D eigenvalue weighted by molar-refractivity contribution is -0.121. The summed E-state index contributed by atoms with van der Waals surface area (Å²) in [5.74, 6) is -12.4. The number of benzene rings is 5. The van der Waals surface area contributed by atoms with Crippen molar-refractivity contribution in [1.29, 1.82) is 0 Å². The summed E-state index contributed by atoms with van der Waals surface area (Å²) >= 11 is 0. The van der Waals surface area contributed by atoms with Crippen LogP contribution < -0.4 is 0 Å². The van der Waals surface area contributed by atoms with Crippen LogP contribution in [0.1, 0.15) is 33.7 Å². The summed E-state index contributed by atoms with van der Waals surface area (Å²) in [6, 6.07) is 33.7. The molecule has 5 aromatic carbocycles. The molecule has 2 atom stereocenters. The van der Waals surface area contributed by atoms with Crippen molar-refractivity contribution in [3.63, 3.8) is 0 Å². The standard InChI is InChI=1S/C35H21F5O/c36-29-28(30(37)32(39)33(40)31(29)38)35(24-19-11-4-12-20-24)27(23-17-9-3-10-18-23)25(21-13-5-1-6-14-21)26(34(35)41)22-15-7-2-8-16-22/h1-20,26H/t26-,35+/m1/s1. The fourth-order valence-corrected chi connectivity index (χ4v) is 5.99. The fraction of sp³-hybridized carbons (Fsp3) is 0.0571. The van der Waals surface area contributed by atoms with Crippen LogP contribution in [0.3, 0.4) is 0 Å². The molecule has 0 heterocycles. The molecule has 0 spiro atoms. The van der Waals surface area contributed by atoms with Gasteiger partial charge < -0.3 is 0 Å². The molecule has 5 aromatic rings. The van der Waals surface area contributed by atoms with Crippen molar-refractivity contribution in [3.8, 4) is 0 Å². The lowest BCUT2D eigenvalue weighted by Gasteiger charge is -2.34. The van der Waals surface area contributed by atoms with E-state index in [0.29, 0.717) is 22.3 Å². The minimum atomic E-state index is -2.39. The van der Waals surface area contributed by atoms with Crippen molar-refractivity contribution in [1.82, 2.24) is 0 Å². The summed E-state index contributed by atoms with van der Waals surface area (Å²) in [6.45, 7) is 0. The molecular formula is C35H21F5O. The first-order valence-corrected chi connectivity index (χ1v) is 12.9. The van der Waals surface area contributed by atoms with Gasteiger partial charge in [0.25, 0.3) is 0 Å². The van der Waals surface area contributed by atoms with Crippen LogP contribution in [0.4, 0.5) is 22.0 Å². The molecule has 0 saturated carbocycles. The van der Waals surface area contributed by atoms with E-state index in [1.165, 1.54) is 12.1 Å². The van der Waals surface area contributed by atoms with E-state index in [4.69, 9.17) is 0 Å². The Morgan fingerprint density at radius 2 is 0.902 bits per heavy atom. The number of halogens is 5. The van der Waals surface area contributed by atoms with Crippen LogP contribution in [-0.4, -0.2) is 5.78 Å². The Morgan fingerprint density at radius 1 is 0.488 bits per heavy atom. The van der Waals surface area contributed by atoms with E-state index >= 15 is 13.6 Å². The highest BCUT2D eigenvalue weighted by Crippen LogP contribution is 2.60. The third-order valence-electron chi connectivity index (χ3n) is 7.64. The van der Waals surface area contributed by atoms with Gasteiger partial charge in [-0.2, -0.15) is 0 Å². The van der Waals surface area contributed by atoms with Crippen molar-refractivity contribution < 1.29 is 26.7 Å². The second kappa shape index (κ2) is 10.3. The van der Waals surface area contributed by atoms with Crippen LogP contribution in [0.2, 0.25) is 0 Å². The maximum atomic E-state index is 16.0. The number of ketones is 1. The Kier molecular flexibility index (Phi) is 6.62. The minimum Gasteiger partial charge on any atom is -0.297 e. The zero-order chi connectivity index (χ0) is 28.7. The van der Waals surface area contributed by atoms with E-state index in [1.807, 2.05) is 0 Å². The van der Waals surface area contributed by atoms with Crippen molar-refractivity contribution in [3.05, 3.63) is 178 Å². The topological polar surface area (TPSA) is 17.1 Å². The monoisotopic (exact) mass is 552 g/mol. The molecule has 0 aliphatic heterocycles. The van der Waals surface area contributed by atoms with E-state index in [0.717, 1.165) is 0 Å². The van der Waals surface area contributed by atoms with Gasteiger partial charge in [0, 0.05) is 0 Å². The molecule has 0 N–H and O–H groups in total. The number of Topliss-reactive ketones (excluding diaryl/α,β-unsaturated/α-hetero) is 1. The largest absolute Gasteiger partial charge is 0.297 e. The highest BCUT2D eigenvalue weighted by molar-refractivity contribution is 6.26. The second-order valence-corrected chi connectivity index (χ2v) is 9.79. The van der Waals surface area contributed by atoms with E-state index in [1.54, 1.807) is 109 Å². The average Bonchev–Trinajstić information content (AvgIpc) is 3.30. The zero-order valence-electron chi connectivity index (χ0n) is 21.4. The number of allylic oxidation sites excluding steroid dienone is 2. The second-order valence-electron chi connectivity index (χ2n) is 9.79. The molecule has 202 valence electrons.